The predicted octanol–water partition coefficient (Wildman–Crippen LogP) is 4.71. The fraction of sp³-hybridized carbons (Fsp3) is 0. The highest BCUT2D eigenvalue weighted by atomic mass is 35.5. The van der Waals surface area contributed by atoms with Gasteiger partial charge in [-0.15, -0.1) is 0 Å². The number of nitrogens with zero attached hydrogens (tertiary/aromatic N) is 3. The van der Waals surface area contributed by atoms with Crippen molar-refractivity contribution in [2.24, 2.45) is 0 Å². The third-order valence-corrected chi connectivity index (χ3v) is 6.38. The summed E-state index contributed by atoms with van der Waals surface area (Å²) in [5.41, 5.74) is 6.91. The number of pyridine rings is 1. The van der Waals surface area contributed by atoms with E-state index in [1.807, 2.05) is 4.72 Å². The molecule has 0 bridgehead atoms. The summed E-state index contributed by atoms with van der Waals surface area (Å²) < 4.78 is 65.4. The maximum atomic E-state index is 14.7. The van der Waals surface area contributed by atoms with Crippen molar-refractivity contribution in [1.29, 1.82) is 0 Å². The number of halogens is 3. The van der Waals surface area contributed by atoms with Crippen LogP contribution in [0.3, 0.4) is 0 Å². The number of nitrogens with one attached hydrogen (secondary N) is 1. The molecule has 32 heavy (non-hydrogen) atoms. The molecule has 3 N–H and O–H groups in total. The van der Waals surface area contributed by atoms with E-state index in [0.717, 1.165) is 17.9 Å². The van der Waals surface area contributed by atoms with E-state index >= 15 is 0 Å². The normalized spacial score (nSPS) is 11.3. The Kier molecular flexibility index (Phi) is 5.91. The van der Waals surface area contributed by atoms with Gasteiger partial charge in [-0.2, -0.15) is 4.37 Å². The lowest BCUT2D eigenvalue weighted by Gasteiger charge is -2.13. The Labute approximate surface area is 189 Å². The van der Waals surface area contributed by atoms with Gasteiger partial charge in [-0.3, -0.25) is 9.71 Å². The van der Waals surface area contributed by atoms with Gasteiger partial charge in [-0.25, -0.2) is 22.2 Å². The van der Waals surface area contributed by atoms with Gasteiger partial charge in [0.1, 0.15) is 22.8 Å². The van der Waals surface area contributed by atoms with Crippen molar-refractivity contribution < 1.29 is 21.9 Å². The van der Waals surface area contributed by atoms with Crippen LogP contribution in [0.4, 0.5) is 19.6 Å². The molecule has 2 aromatic heterocycles. The van der Waals surface area contributed by atoms with Crippen molar-refractivity contribution in [3.63, 3.8) is 0 Å². The fourth-order valence-electron chi connectivity index (χ4n) is 2.66. The molecule has 0 radical (unpaired) electrons. The van der Waals surface area contributed by atoms with Crippen LogP contribution < -0.4 is 15.2 Å². The summed E-state index contributed by atoms with van der Waals surface area (Å²) in [6.45, 7) is 0. The summed E-state index contributed by atoms with van der Waals surface area (Å²) in [6.07, 6.45) is 2.54. The Morgan fingerprint density at radius 1 is 1.03 bits per heavy atom. The van der Waals surface area contributed by atoms with E-state index in [1.165, 1.54) is 24.4 Å². The van der Waals surface area contributed by atoms with Crippen LogP contribution in [0.1, 0.15) is 0 Å². The first kappa shape index (κ1) is 21.9. The summed E-state index contributed by atoms with van der Waals surface area (Å²) in [5.74, 6) is -2.74. The summed E-state index contributed by atoms with van der Waals surface area (Å²) in [7, 11) is -4.44. The Morgan fingerprint density at radius 3 is 2.53 bits per heavy atom. The number of sulfonamides is 1. The van der Waals surface area contributed by atoms with Crippen LogP contribution in [0.15, 0.2) is 59.9 Å². The van der Waals surface area contributed by atoms with Crippen molar-refractivity contribution in [1.82, 2.24) is 14.3 Å². The van der Waals surface area contributed by atoms with Crippen molar-refractivity contribution in [3.8, 4) is 22.8 Å². The van der Waals surface area contributed by atoms with Gasteiger partial charge in [0, 0.05) is 34.3 Å². The van der Waals surface area contributed by atoms with E-state index in [0.29, 0.717) is 34.1 Å². The van der Waals surface area contributed by atoms with Gasteiger partial charge < -0.3 is 10.5 Å². The molecule has 0 saturated carbocycles. The smallest absolute Gasteiger partial charge is 0.266 e. The third kappa shape index (κ3) is 4.61. The topological polar surface area (TPSA) is 120 Å². The highest BCUT2D eigenvalue weighted by molar-refractivity contribution is 7.93. The number of anilines is 2. The minimum atomic E-state index is -4.44. The van der Waals surface area contributed by atoms with Gasteiger partial charge >= 0.3 is 0 Å². The molecule has 164 valence electrons. The lowest BCUT2D eigenvalue weighted by Crippen LogP contribution is -2.15. The largest absolute Gasteiger partial charge is 0.453 e. The average Bonchev–Trinajstić information content (AvgIpc) is 3.24. The second kappa shape index (κ2) is 8.65. The molecule has 0 amide bonds. The minimum Gasteiger partial charge on any atom is -0.453 e. The molecular weight excluding hydrogens is 484 g/mol. The molecule has 0 aliphatic heterocycles. The highest BCUT2D eigenvalue weighted by Crippen LogP contribution is 2.36. The zero-order valence-electron chi connectivity index (χ0n) is 15.8. The molecule has 4 rings (SSSR count). The molecule has 0 fully saturated rings. The lowest BCUT2D eigenvalue weighted by molar-refractivity contribution is 0.433. The maximum absolute atomic E-state index is 14.7. The van der Waals surface area contributed by atoms with Crippen LogP contribution in [0.25, 0.3) is 11.3 Å². The van der Waals surface area contributed by atoms with Gasteiger partial charge in [0.25, 0.3) is 10.0 Å². The number of ether oxygens (including phenoxy) is 1. The fourth-order valence-corrected chi connectivity index (χ4v) is 4.56. The zero-order chi connectivity index (χ0) is 22.9. The van der Waals surface area contributed by atoms with Crippen LogP contribution in [-0.2, 0) is 10.0 Å². The Balaban J connectivity index is 1.69. The summed E-state index contributed by atoms with van der Waals surface area (Å²) in [4.78, 5) is 6.93. The van der Waals surface area contributed by atoms with Crippen LogP contribution >= 0.6 is 23.1 Å². The molecule has 4 aromatic rings. The molecule has 0 spiro atoms. The molecule has 2 aromatic carbocycles. The Morgan fingerprint density at radius 2 is 1.84 bits per heavy atom. The number of hydrogen-bond acceptors (Lipinski definition) is 8. The molecule has 0 aliphatic rings. The van der Waals surface area contributed by atoms with E-state index in [9.17, 15) is 17.2 Å². The van der Waals surface area contributed by atoms with Crippen LogP contribution in [0.5, 0.6) is 11.5 Å². The molecule has 13 heteroatoms. The van der Waals surface area contributed by atoms with E-state index in [1.54, 1.807) is 12.1 Å². The molecule has 0 unspecified atom stereocenters. The minimum absolute atomic E-state index is 0.0908. The first-order valence-corrected chi connectivity index (χ1v) is 11.3. The number of aromatic nitrogens is 3. The van der Waals surface area contributed by atoms with Crippen molar-refractivity contribution in [2.45, 2.75) is 4.90 Å². The van der Waals surface area contributed by atoms with E-state index in [4.69, 9.17) is 22.1 Å². The number of benzene rings is 2. The number of nitrogens with two attached hydrogens (primary N) is 1. The van der Waals surface area contributed by atoms with Crippen molar-refractivity contribution in [2.75, 3.05) is 10.5 Å². The molecule has 0 atom stereocenters. The zero-order valence-corrected chi connectivity index (χ0v) is 18.2. The molecule has 2 heterocycles. The quantitative estimate of drug-likeness (QED) is 0.397. The van der Waals surface area contributed by atoms with Crippen LogP contribution in [-0.4, -0.2) is 22.8 Å². The molecule has 0 aliphatic carbocycles. The maximum Gasteiger partial charge on any atom is 0.266 e. The average molecular weight is 496 g/mol. The van der Waals surface area contributed by atoms with Gasteiger partial charge in [0.05, 0.1) is 17.6 Å². The van der Waals surface area contributed by atoms with Crippen LogP contribution in [0.2, 0.25) is 5.02 Å². The predicted molar refractivity (Wildman–Crippen MR) is 116 cm³/mol. The molecular formula is C19H12ClF2N5O3S2. The summed E-state index contributed by atoms with van der Waals surface area (Å²) >= 11 is 6.81. The van der Waals surface area contributed by atoms with Crippen molar-refractivity contribution >= 4 is 44.0 Å². The van der Waals surface area contributed by atoms with Crippen LogP contribution in [0, 0.1) is 11.6 Å². The molecule has 8 nitrogen and oxygen atoms in total. The number of hydrogen-bond donors (Lipinski definition) is 2. The third-order valence-electron chi connectivity index (χ3n) is 4.08. The first-order valence-electron chi connectivity index (χ1n) is 8.71. The first-order chi connectivity index (χ1) is 15.2. The monoisotopic (exact) mass is 495 g/mol. The standard InChI is InChI=1S/C19H12ClF2N5O3S2/c20-10-1-4-16(12(5-10)15-3-2-11(23)8-24-15)30-17-6-14(22)18(7-13(17)21)32(28,29)27-19-25-9-26-31-19/h1-9H,23H2,(H,25,26,27). The van der Waals surface area contributed by atoms with E-state index in [2.05, 4.69) is 14.3 Å². The second-order valence-electron chi connectivity index (χ2n) is 6.28. The second-order valence-corrected chi connectivity index (χ2v) is 9.15. The number of rotatable bonds is 6. The van der Waals surface area contributed by atoms with Gasteiger partial charge in [0.2, 0.25) is 5.13 Å². The van der Waals surface area contributed by atoms with Gasteiger partial charge in [0.15, 0.2) is 11.6 Å². The number of nitrogen functional groups attached to an aromatic ring is 1. The summed E-state index contributed by atoms with van der Waals surface area (Å²) in [6, 6.07) is 8.86. The Hall–Kier alpha value is -3.35. The highest BCUT2D eigenvalue weighted by Gasteiger charge is 2.24. The van der Waals surface area contributed by atoms with E-state index in [-0.39, 0.29) is 10.9 Å². The van der Waals surface area contributed by atoms with Crippen molar-refractivity contribution in [3.05, 3.63) is 71.6 Å². The SMILES string of the molecule is Nc1ccc(-c2cc(Cl)ccc2Oc2cc(F)c(S(=O)(=O)Nc3ncns3)cc2F)nc1. The van der Waals surface area contributed by atoms with E-state index < -0.39 is 32.3 Å². The lowest BCUT2D eigenvalue weighted by atomic mass is 10.1. The summed E-state index contributed by atoms with van der Waals surface area (Å²) in [5, 5.41) is 0.272. The molecule has 0 saturated heterocycles. The Bertz CT molecular complexity index is 1390. The van der Waals surface area contributed by atoms with Gasteiger partial charge in [-0.1, -0.05) is 11.6 Å². The van der Waals surface area contributed by atoms with Gasteiger partial charge in [-0.05, 0) is 30.3 Å².